The number of furan rings is 1. The van der Waals surface area contributed by atoms with Gasteiger partial charge in [0.15, 0.2) is 0 Å². The standard InChI is InChI=1S/C13H17N3O2S/c1-9-11(5-12(19-9)13(17)15-14)7-16(2)6-10-3-4-18-8-10/h3-5,8H,6-7,14H2,1-2H3,(H,15,17). The molecule has 1 amide bonds. The van der Waals surface area contributed by atoms with Crippen LogP contribution in [0.4, 0.5) is 0 Å². The first-order valence-electron chi connectivity index (χ1n) is 5.90. The summed E-state index contributed by atoms with van der Waals surface area (Å²) in [5.41, 5.74) is 4.44. The molecule has 2 heterocycles. The molecule has 6 heteroatoms. The van der Waals surface area contributed by atoms with Gasteiger partial charge in [0.25, 0.3) is 5.91 Å². The van der Waals surface area contributed by atoms with Crippen molar-refractivity contribution in [3.63, 3.8) is 0 Å². The van der Waals surface area contributed by atoms with E-state index < -0.39 is 0 Å². The highest BCUT2D eigenvalue weighted by atomic mass is 32.1. The van der Waals surface area contributed by atoms with E-state index >= 15 is 0 Å². The molecule has 0 aliphatic carbocycles. The van der Waals surface area contributed by atoms with Gasteiger partial charge in [-0.1, -0.05) is 0 Å². The van der Waals surface area contributed by atoms with Crippen LogP contribution < -0.4 is 11.3 Å². The van der Waals surface area contributed by atoms with Crippen molar-refractivity contribution in [2.45, 2.75) is 20.0 Å². The second kappa shape index (κ2) is 6.01. The fourth-order valence-corrected chi connectivity index (χ4v) is 2.84. The lowest BCUT2D eigenvalue weighted by atomic mass is 10.2. The van der Waals surface area contributed by atoms with E-state index in [1.807, 2.05) is 26.1 Å². The highest BCUT2D eigenvalue weighted by Gasteiger charge is 2.13. The summed E-state index contributed by atoms with van der Waals surface area (Å²) < 4.78 is 5.05. The van der Waals surface area contributed by atoms with Crippen molar-refractivity contribution in [2.75, 3.05) is 7.05 Å². The topological polar surface area (TPSA) is 71.5 Å². The van der Waals surface area contributed by atoms with Crippen molar-refractivity contribution < 1.29 is 9.21 Å². The number of nitrogens with zero attached hydrogens (tertiary/aromatic N) is 1. The number of thiophene rings is 1. The van der Waals surface area contributed by atoms with Gasteiger partial charge < -0.3 is 4.42 Å². The smallest absolute Gasteiger partial charge is 0.275 e. The quantitative estimate of drug-likeness (QED) is 0.498. The Hall–Kier alpha value is -1.63. The summed E-state index contributed by atoms with van der Waals surface area (Å²) >= 11 is 1.46. The monoisotopic (exact) mass is 279 g/mol. The van der Waals surface area contributed by atoms with Crippen molar-refractivity contribution in [3.05, 3.63) is 45.5 Å². The van der Waals surface area contributed by atoms with Crippen LogP contribution in [0.25, 0.3) is 0 Å². The predicted octanol–water partition coefficient (Wildman–Crippen LogP) is 1.89. The number of nitrogen functional groups attached to an aromatic ring is 1. The Morgan fingerprint density at radius 2 is 2.32 bits per heavy atom. The molecule has 2 rings (SSSR count). The number of hydrogen-bond acceptors (Lipinski definition) is 5. The Bertz CT molecular complexity index is 548. The van der Waals surface area contributed by atoms with Gasteiger partial charge in [-0.25, -0.2) is 5.84 Å². The van der Waals surface area contributed by atoms with Crippen LogP contribution >= 0.6 is 11.3 Å². The van der Waals surface area contributed by atoms with Gasteiger partial charge in [-0.05, 0) is 31.7 Å². The average molecular weight is 279 g/mol. The number of nitrogens with one attached hydrogen (secondary N) is 1. The van der Waals surface area contributed by atoms with E-state index in [2.05, 4.69) is 10.3 Å². The van der Waals surface area contributed by atoms with Crippen LogP contribution in [0.15, 0.2) is 29.1 Å². The number of nitrogens with two attached hydrogens (primary N) is 1. The molecule has 0 aliphatic heterocycles. The average Bonchev–Trinajstić information content (AvgIpc) is 2.99. The molecule has 19 heavy (non-hydrogen) atoms. The third-order valence-electron chi connectivity index (χ3n) is 2.85. The minimum atomic E-state index is -0.239. The summed E-state index contributed by atoms with van der Waals surface area (Å²) in [5.74, 6) is 4.90. The lowest BCUT2D eigenvalue weighted by molar-refractivity contribution is 0.0957. The number of amides is 1. The van der Waals surface area contributed by atoms with Gasteiger partial charge in [0, 0.05) is 23.5 Å². The van der Waals surface area contributed by atoms with Crippen molar-refractivity contribution in [1.29, 1.82) is 0 Å². The van der Waals surface area contributed by atoms with Gasteiger partial charge in [0.05, 0.1) is 17.4 Å². The molecule has 0 aromatic carbocycles. The molecule has 0 fully saturated rings. The zero-order valence-electron chi connectivity index (χ0n) is 11.0. The Morgan fingerprint density at radius 3 is 2.95 bits per heavy atom. The summed E-state index contributed by atoms with van der Waals surface area (Å²) in [6, 6.07) is 3.85. The zero-order chi connectivity index (χ0) is 13.8. The third-order valence-corrected chi connectivity index (χ3v) is 3.94. The molecule has 0 saturated carbocycles. The van der Waals surface area contributed by atoms with Gasteiger partial charge in [-0.15, -0.1) is 11.3 Å². The van der Waals surface area contributed by atoms with E-state index in [4.69, 9.17) is 10.3 Å². The van der Waals surface area contributed by atoms with Crippen LogP contribution in [0.2, 0.25) is 0 Å². The second-order valence-corrected chi connectivity index (χ2v) is 5.73. The van der Waals surface area contributed by atoms with E-state index in [1.165, 1.54) is 11.3 Å². The molecule has 0 unspecified atom stereocenters. The summed E-state index contributed by atoms with van der Waals surface area (Å²) in [5, 5.41) is 0. The molecule has 5 nitrogen and oxygen atoms in total. The second-order valence-electron chi connectivity index (χ2n) is 4.47. The van der Waals surface area contributed by atoms with E-state index in [0.717, 1.165) is 29.1 Å². The number of hydrazine groups is 1. The Balaban J connectivity index is 2.02. The highest BCUT2D eigenvalue weighted by Crippen LogP contribution is 2.23. The summed E-state index contributed by atoms with van der Waals surface area (Å²) in [7, 11) is 2.03. The van der Waals surface area contributed by atoms with E-state index in [9.17, 15) is 4.79 Å². The van der Waals surface area contributed by atoms with Crippen molar-refractivity contribution in [2.24, 2.45) is 5.84 Å². The Labute approximate surface area is 116 Å². The van der Waals surface area contributed by atoms with Crippen LogP contribution in [0.3, 0.4) is 0 Å². The minimum Gasteiger partial charge on any atom is -0.472 e. The molecule has 3 N–H and O–H groups in total. The molecule has 2 aromatic rings. The minimum absolute atomic E-state index is 0.239. The number of rotatable bonds is 5. The first-order chi connectivity index (χ1) is 9.10. The molecular formula is C13H17N3O2S. The van der Waals surface area contributed by atoms with E-state index in [1.54, 1.807) is 12.5 Å². The van der Waals surface area contributed by atoms with Crippen LogP contribution in [-0.2, 0) is 13.1 Å². The molecule has 102 valence electrons. The lowest BCUT2D eigenvalue weighted by Gasteiger charge is -2.15. The molecule has 0 aliphatic rings. The number of carbonyl (C=O) groups excluding carboxylic acids is 1. The lowest BCUT2D eigenvalue weighted by Crippen LogP contribution is -2.29. The molecular weight excluding hydrogens is 262 g/mol. The molecule has 0 bridgehead atoms. The summed E-state index contributed by atoms with van der Waals surface area (Å²) in [6.07, 6.45) is 3.41. The molecule has 2 aromatic heterocycles. The van der Waals surface area contributed by atoms with Crippen LogP contribution in [0, 0.1) is 6.92 Å². The van der Waals surface area contributed by atoms with E-state index in [-0.39, 0.29) is 5.91 Å². The van der Waals surface area contributed by atoms with Crippen LogP contribution in [-0.4, -0.2) is 17.9 Å². The molecule has 0 radical (unpaired) electrons. The first kappa shape index (κ1) is 13.8. The molecule has 0 atom stereocenters. The fourth-order valence-electron chi connectivity index (χ4n) is 1.90. The van der Waals surface area contributed by atoms with Crippen molar-refractivity contribution in [1.82, 2.24) is 10.3 Å². The largest absolute Gasteiger partial charge is 0.472 e. The van der Waals surface area contributed by atoms with Gasteiger partial charge in [-0.3, -0.25) is 15.1 Å². The maximum absolute atomic E-state index is 11.5. The van der Waals surface area contributed by atoms with Crippen LogP contribution in [0.1, 0.15) is 25.7 Å². The normalized spacial score (nSPS) is 10.9. The number of aryl methyl sites for hydroxylation is 1. The maximum Gasteiger partial charge on any atom is 0.275 e. The van der Waals surface area contributed by atoms with Gasteiger partial charge in [0.1, 0.15) is 0 Å². The predicted molar refractivity (Wildman–Crippen MR) is 74.6 cm³/mol. The van der Waals surface area contributed by atoms with Crippen LogP contribution in [0.5, 0.6) is 0 Å². The Kier molecular flexibility index (Phi) is 4.36. The van der Waals surface area contributed by atoms with Gasteiger partial charge >= 0.3 is 0 Å². The molecule has 0 saturated heterocycles. The summed E-state index contributed by atoms with van der Waals surface area (Å²) in [4.78, 5) is 15.4. The SMILES string of the molecule is Cc1sc(C(=O)NN)cc1CN(C)Cc1ccoc1. The maximum atomic E-state index is 11.5. The van der Waals surface area contributed by atoms with E-state index in [0.29, 0.717) is 4.88 Å². The number of carbonyl (C=O) groups is 1. The summed E-state index contributed by atoms with van der Waals surface area (Å²) in [6.45, 7) is 3.61. The van der Waals surface area contributed by atoms with Crippen molar-refractivity contribution in [3.8, 4) is 0 Å². The molecule has 0 spiro atoms. The fraction of sp³-hybridized carbons (Fsp3) is 0.308. The Morgan fingerprint density at radius 1 is 1.53 bits per heavy atom. The van der Waals surface area contributed by atoms with Gasteiger partial charge in [-0.2, -0.15) is 0 Å². The highest BCUT2D eigenvalue weighted by molar-refractivity contribution is 7.14. The third kappa shape index (κ3) is 3.44. The van der Waals surface area contributed by atoms with Crippen molar-refractivity contribution >= 4 is 17.2 Å². The first-order valence-corrected chi connectivity index (χ1v) is 6.71. The van der Waals surface area contributed by atoms with Gasteiger partial charge in [0.2, 0.25) is 0 Å². The zero-order valence-corrected chi connectivity index (χ0v) is 11.8. The number of hydrogen-bond donors (Lipinski definition) is 2.